The van der Waals surface area contributed by atoms with Crippen molar-refractivity contribution in [3.8, 4) is 0 Å². The molecule has 0 aliphatic heterocycles. The molecule has 0 fully saturated rings. The summed E-state index contributed by atoms with van der Waals surface area (Å²) < 4.78 is 0. The van der Waals surface area contributed by atoms with Crippen molar-refractivity contribution in [2.45, 2.75) is 0 Å². The average Bonchev–Trinajstić information content (AvgIpc) is 2.52. The molecule has 0 radical (unpaired) electrons. The predicted octanol–water partition coefficient (Wildman–Crippen LogP) is 5.90. The van der Waals surface area contributed by atoms with Crippen LogP contribution in [0.3, 0.4) is 0 Å². The van der Waals surface area contributed by atoms with Gasteiger partial charge in [-0.3, -0.25) is 0 Å². The third-order valence-corrected chi connectivity index (χ3v) is 4.37. The van der Waals surface area contributed by atoms with Gasteiger partial charge < -0.3 is 6.15 Å². The van der Waals surface area contributed by atoms with Crippen molar-refractivity contribution < 1.29 is 0 Å². The molecule has 0 atom stereocenters. The Morgan fingerprint density at radius 2 is 1.10 bits per heavy atom. The highest BCUT2D eigenvalue weighted by atomic mass is 14.1. The molecule has 5 aromatic carbocycles. The van der Waals surface area contributed by atoms with E-state index in [1.165, 1.54) is 43.1 Å². The van der Waals surface area contributed by atoms with Crippen LogP contribution in [0.2, 0.25) is 0 Å². The van der Waals surface area contributed by atoms with Crippen LogP contribution in [0.25, 0.3) is 43.1 Å². The lowest BCUT2D eigenvalue weighted by atomic mass is 9.91. The number of hydrogen-bond donors (Lipinski definition) is 1. The highest BCUT2D eigenvalue weighted by Crippen LogP contribution is 2.38. The van der Waals surface area contributed by atoms with Gasteiger partial charge >= 0.3 is 0 Å². The minimum absolute atomic E-state index is 0. The molecule has 100 valence electrons. The summed E-state index contributed by atoms with van der Waals surface area (Å²) in [6, 6.07) is 26.5. The summed E-state index contributed by atoms with van der Waals surface area (Å²) in [5, 5.41) is 10.8. The first-order valence-corrected chi connectivity index (χ1v) is 6.97. The SMILES string of the molecule is N.c1ccc2c(c1)cc1ccc3cccc4ccc2c1c34. The Morgan fingerprint density at radius 3 is 1.95 bits per heavy atom. The van der Waals surface area contributed by atoms with Crippen LogP contribution in [-0.4, -0.2) is 0 Å². The molecule has 0 aromatic heterocycles. The Balaban J connectivity index is 0.00000115. The lowest BCUT2D eigenvalue weighted by Crippen LogP contribution is -1.85. The fourth-order valence-corrected chi connectivity index (χ4v) is 3.49. The zero-order valence-corrected chi connectivity index (χ0v) is 11.6. The monoisotopic (exact) mass is 269 g/mol. The quantitative estimate of drug-likeness (QED) is 0.276. The summed E-state index contributed by atoms with van der Waals surface area (Å²) in [7, 11) is 0. The molecule has 5 rings (SSSR count). The molecule has 0 aliphatic carbocycles. The molecular formula is C20H15N. The highest BCUT2D eigenvalue weighted by Gasteiger charge is 2.09. The molecule has 0 heterocycles. The molecule has 0 spiro atoms. The van der Waals surface area contributed by atoms with E-state index in [2.05, 4.69) is 72.8 Å². The summed E-state index contributed by atoms with van der Waals surface area (Å²) in [6.45, 7) is 0. The van der Waals surface area contributed by atoms with Gasteiger partial charge in [0.2, 0.25) is 0 Å². The van der Waals surface area contributed by atoms with Gasteiger partial charge in [0.05, 0.1) is 0 Å². The number of benzene rings is 5. The lowest BCUT2D eigenvalue weighted by molar-refractivity contribution is 1.78. The number of fused-ring (bicyclic) bond motifs is 2. The van der Waals surface area contributed by atoms with Gasteiger partial charge in [-0.05, 0) is 49.2 Å². The van der Waals surface area contributed by atoms with Crippen LogP contribution in [-0.2, 0) is 0 Å². The minimum atomic E-state index is 0. The molecule has 0 saturated heterocycles. The first kappa shape index (κ1) is 12.1. The predicted molar refractivity (Wildman–Crippen MR) is 92.7 cm³/mol. The molecule has 1 nitrogen and oxygen atoms in total. The summed E-state index contributed by atoms with van der Waals surface area (Å²) in [5.41, 5.74) is 0. The van der Waals surface area contributed by atoms with E-state index in [0.717, 1.165) is 0 Å². The van der Waals surface area contributed by atoms with E-state index in [0.29, 0.717) is 0 Å². The first-order chi connectivity index (χ1) is 9.92. The van der Waals surface area contributed by atoms with Crippen molar-refractivity contribution in [3.63, 3.8) is 0 Å². The largest absolute Gasteiger partial charge is 0.344 e. The number of rotatable bonds is 0. The molecule has 0 amide bonds. The van der Waals surface area contributed by atoms with E-state index >= 15 is 0 Å². The van der Waals surface area contributed by atoms with Crippen molar-refractivity contribution in [2.75, 3.05) is 0 Å². The van der Waals surface area contributed by atoms with Gasteiger partial charge in [-0.2, -0.15) is 0 Å². The number of hydrogen-bond acceptors (Lipinski definition) is 1. The van der Waals surface area contributed by atoms with E-state index in [4.69, 9.17) is 0 Å². The van der Waals surface area contributed by atoms with E-state index in [9.17, 15) is 0 Å². The zero-order chi connectivity index (χ0) is 13.1. The second kappa shape index (κ2) is 4.18. The standard InChI is InChI=1S/C20H12.H3N/c1-2-7-17-15(4-1)12-16-9-8-13-5-3-6-14-10-11-18(17)20(16)19(13)14;/h1-12H;1H3. The molecule has 0 saturated carbocycles. The maximum Gasteiger partial charge on any atom is -0.00204 e. The Labute approximate surface area is 122 Å². The molecule has 5 aromatic rings. The summed E-state index contributed by atoms with van der Waals surface area (Å²) >= 11 is 0. The fourth-order valence-electron chi connectivity index (χ4n) is 3.49. The smallest absolute Gasteiger partial charge is 0.00204 e. The molecule has 1 heteroatoms. The van der Waals surface area contributed by atoms with Crippen LogP contribution in [0.4, 0.5) is 0 Å². The Hall–Kier alpha value is -2.64. The van der Waals surface area contributed by atoms with E-state index in [-0.39, 0.29) is 6.15 Å². The van der Waals surface area contributed by atoms with Gasteiger partial charge in [-0.15, -0.1) is 0 Å². The second-order valence-corrected chi connectivity index (χ2v) is 5.45. The van der Waals surface area contributed by atoms with Gasteiger partial charge in [0, 0.05) is 0 Å². The van der Waals surface area contributed by atoms with Crippen molar-refractivity contribution in [2.24, 2.45) is 0 Å². The van der Waals surface area contributed by atoms with E-state index in [1.54, 1.807) is 0 Å². The van der Waals surface area contributed by atoms with E-state index < -0.39 is 0 Å². The van der Waals surface area contributed by atoms with Crippen LogP contribution in [0.1, 0.15) is 0 Å². The Morgan fingerprint density at radius 1 is 0.429 bits per heavy atom. The topological polar surface area (TPSA) is 35.0 Å². The third-order valence-electron chi connectivity index (χ3n) is 4.37. The molecule has 0 aliphatic rings. The fraction of sp³-hybridized carbons (Fsp3) is 0. The zero-order valence-electron chi connectivity index (χ0n) is 11.6. The van der Waals surface area contributed by atoms with Crippen LogP contribution in [0.15, 0.2) is 72.8 Å². The van der Waals surface area contributed by atoms with E-state index in [1.807, 2.05) is 0 Å². The van der Waals surface area contributed by atoms with Crippen molar-refractivity contribution in [1.29, 1.82) is 0 Å². The maximum absolute atomic E-state index is 2.31. The van der Waals surface area contributed by atoms with Gasteiger partial charge in [0.25, 0.3) is 0 Å². The van der Waals surface area contributed by atoms with Crippen LogP contribution >= 0.6 is 0 Å². The van der Waals surface area contributed by atoms with Crippen LogP contribution < -0.4 is 6.15 Å². The summed E-state index contributed by atoms with van der Waals surface area (Å²) in [5.74, 6) is 0. The lowest BCUT2D eigenvalue weighted by Gasteiger charge is -2.12. The molecule has 21 heavy (non-hydrogen) atoms. The third kappa shape index (κ3) is 1.49. The van der Waals surface area contributed by atoms with Gasteiger partial charge in [0.1, 0.15) is 0 Å². The normalized spacial score (nSPS) is 11.4. The Kier molecular flexibility index (Phi) is 2.41. The molecule has 0 bridgehead atoms. The summed E-state index contributed by atoms with van der Waals surface area (Å²) in [4.78, 5) is 0. The van der Waals surface area contributed by atoms with Gasteiger partial charge in [-0.1, -0.05) is 66.7 Å². The minimum Gasteiger partial charge on any atom is -0.344 e. The summed E-state index contributed by atoms with van der Waals surface area (Å²) in [6.07, 6.45) is 0. The van der Waals surface area contributed by atoms with Gasteiger partial charge in [-0.25, -0.2) is 0 Å². The van der Waals surface area contributed by atoms with Crippen molar-refractivity contribution in [3.05, 3.63) is 72.8 Å². The Bertz CT molecular complexity index is 1080. The van der Waals surface area contributed by atoms with Crippen LogP contribution in [0.5, 0.6) is 0 Å². The maximum atomic E-state index is 2.31. The van der Waals surface area contributed by atoms with Crippen molar-refractivity contribution in [1.82, 2.24) is 6.15 Å². The first-order valence-electron chi connectivity index (χ1n) is 6.97. The molecule has 0 unspecified atom stereocenters. The highest BCUT2D eigenvalue weighted by molar-refractivity contribution is 6.28. The second-order valence-electron chi connectivity index (χ2n) is 5.45. The molecular weight excluding hydrogens is 254 g/mol. The van der Waals surface area contributed by atoms with Crippen molar-refractivity contribution >= 4 is 43.1 Å². The average molecular weight is 269 g/mol. The van der Waals surface area contributed by atoms with Gasteiger partial charge in [0.15, 0.2) is 0 Å². The van der Waals surface area contributed by atoms with Crippen LogP contribution in [0, 0.1) is 0 Å². The molecule has 3 N–H and O–H groups in total.